The van der Waals surface area contributed by atoms with Crippen LogP contribution in [0.15, 0.2) is 29.2 Å². The summed E-state index contributed by atoms with van der Waals surface area (Å²) in [6.45, 7) is 3.11. The van der Waals surface area contributed by atoms with Gasteiger partial charge in [0.2, 0.25) is 0 Å². The van der Waals surface area contributed by atoms with E-state index in [4.69, 9.17) is 0 Å². The van der Waals surface area contributed by atoms with Crippen LogP contribution >= 0.6 is 0 Å². The van der Waals surface area contributed by atoms with Crippen molar-refractivity contribution < 1.29 is 9.00 Å². The first-order valence-electron chi connectivity index (χ1n) is 6.86. The molecule has 1 aliphatic heterocycles. The molecule has 2 rings (SSSR count). The molecule has 3 nitrogen and oxygen atoms in total. The molecule has 1 aromatic rings. The molecule has 0 aromatic heterocycles. The molecule has 1 aliphatic rings. The number of piperidine rings is 1. The predicted molar refractivity (Wildman–Crippen MR) is 78.0 cm³/mol. The number of Topliss-reactive ketones (excluding diaryl/α,β-unsaturated/α-hetero) is 1. The third kappa shape index (κ3) is 4.25. The summed E-state index contributed by atoms with van der Waals surface area (Å²) in [5.74, 6) is 0.180. The molecule has 0 spiro atoms. The van der Waals surface area contributed by atoms with Gasteiger partial charge in [-0.25, -0.2) is 0 Å². The van der Waals surface area contributed by atoms with Crippen LogP contribution in [0.25, 0.3) is 0 Å². The van der Waals surface area contributed by atoms with Crippen LogP contribution in [-0.4, -0.2) is 40.8 Å². The summed E-state index contributed by atoms with van der Waals surface area (Å²) in [7, 11) is -0.978. The summed E-state index contributed by atoms with van der Waals surface area (Å²) in [6.07, 6.45) is 6.05. The van der Waals surface area contributed by atoms with E-state index in [-0.39, 0.29) is 5.78 Å². The van der Waals surface area contributed by atoms with Crippen LogP contribution in [0.3, 0.4) is 0 Å². The zero-order valence-corrected chi connectivity index (χ0v) is 12.2. The van der Waals surface area contributed by atoms with Crippen molar-refractivity contribution in [3.63, 3.8) is 0 Å². The lowest BCUT2D eigenvalue weighted by Crippen LogP contribution is -2.31. The Morgan fingerprint density at radius 2 is 1.79 bits per heavy atom. The molecule has 4 heteroatoms. The minimum absolute atomic E-state index is 0.180. The average Bonchev–Trinajstić information content (AvgIpc) is 2.46. The maximum absolute atomic E-state index is 12.1. The van der Waals surface area contributed by atoms with E-state index in [0.717, 1.165) is 30.1 Å². The van der Waals surface area contributed by atoms with Crippen LogP contribution in [0.4, 0.5) is 0 Å². The number of benzene rings is 1. The second-order valence-corrected chi connectivity index (χ2v) is 6.43. The number of hydrogen-bond acceptors (Lipinski definition) is 3. The van der Waals surface area contributed by atoms with Gasteiger partial charge in [0.15, 0.2) is 5.78 Å². The molecule has 0 N–H and O–H groups in total. The fourth-order valence-corrected chi connectivity index (χ4v) is 2.94. The summed E-state index contributed by atoms with van der Waals surface area (Å²) in [5.41, 5.74) is 0.728. The van der Waals surface area contributed by atoms with E-state index >= 15 is 0 Å². The van der Waals surface area contributed by atoms with E-state index < -0.39 is 10.8 Å². The minimum Gasteiger partial charge on any atom is -0.303 e. The number of ketones is 1. The quantitative estimate of drug-likeness (QED) is 0.777. The molecule has 0 bridgehead atoms. The van der Waals surface area contributed by atoms with Gasteiger partial charge in [0, 0.05) is 40.5 Å². The molecule has 104 valence electrons. The zero-order chi connectivity index (χ0) is 13.7. The molecule has 1 aromatic carbocycles. The Morgan fingerprint density at radius 1 is 1.16 bits per heavy atom. The molecule has 1 unspecified atom stereocenters. The lowest BCUT2D eigenvalue weighted by atomic mass is 10.1. The second kappa shape index (κ2) is 6.96. The third-order valence-corrected chi connectivity index (χ3v) is 4.55. The number of rotatable bonds is 5. The van der Waals surface area contributed by atoms with Crippen molar-refractivity contribution in [1.82, 2.24) is 4.90 Å². The van der Waals surface area contributed by atoms with Gasteiger partial charge in [-0.3, -0.25) is 9.00 Å². The summed E-state index contributed by atoms with van der Waals surface area (Å²) in [6, 6.07) is 7.14. The second-order valence-electron chi connectivity index (χ2n) is 5.05. The van der Waals surface area contributed by atoms with Crippen molar-refractivity contribution in [2.24, 2.45) is 0 Å². The van der Waals surface area contributed by atoms with Crippen molar-refractivity contribution in [1.29, 1.82) is 0 Å². The van der Waals surface area contributed by atoms with Crippen molar-refractivity contribution in [3.05, 3.63) is 29.8 Å². The van der Waals surface area contributed by atoms with E-state index in [1.807, 2.05) is 0 Å². The van der Waals surface area contributed by atoms with Gasteiger partial charge in [-0.15, -0.1) is 0 Å². The molecular weight excluding hydrogens is 258 g/mol. The lowest BCUT2D eigenvalue weighted by molar-refractivity contribution is 0.0958. The first-order valence-corrected chi connectivity index (χ1v) is 8.41. The Balaban J connectivity index is 1.86. The normalized spacial score (nSPS) is 18.2. The standard InChI is InChI=1S/C15H21NO2S/c1-19(18)14-7-5-13(6-8-14)15(17)9-12-16-10-3-2-4-11-16/h5-8H,2-4,9-12H2,1H3. The third-order valence-electron chi connectivity index (χ3n) is 3.61. The highest BCUT2D eigenvalue weighted by Crippen LogP contribution is 2.12. The first kappa shape index (κ1) is 14.4. The maximum atomic E-state index is 12.1. The van der Waals surface area contributed by atoms with E-state index in [0.29, 0.717) is 6.42 Å². The zero-order valence-electron chi connectivity index (χ0n) is 11.4. The Bertz CT molecular complexity index is 450. The first-order chi connectivity index (χ1) is 9.16. The maximum Gasteiger partial charge on any atom is 0.164 e. The smallest absolute Gasteiger partial charge is 0.164 e. The van der Waals surface area contributed by atoms with Crippen molar-refractivity contribution in [3.8, 4) is 0 Å². The highest BCUT2D eigenvalue weighted by molar-refractivity contribution is 7.84. The number of carbonyl (C=O) groups is 1. The fourth-order valence-electron chi connectivity index (χ4n) is 2.42. The molecule has 19 heavy (non-hydrogen) atoms. The number of likely N-dealkylation sites (tertiary alicyclic amines) is 1. The van der Waals surface area contributed by atoms with Gasteiger partial charge in [-0.05, 0) is 38.1 Å². The van der Waals surface area contributed by atoms with Crippen LogP contribution in [0.5, 0.6) is 0 Å². The van der Waals surface area contributed by atoms with Crippen molar-refractivity contribution in [2.75, 3.05) is 25.9 Å². The summed E-state index contributed by atoms with van der Waals surface area (Å²) in [5, 5.41) is 0. The predicted octanol–water partition coefficient (Wildman–Crippen LogP) is 2.48. The van der Waals surface area contributed by atoms with E-state index in [1.165, 1.54) is 19.3 Å². The molecule has 1 heterocycles. The molecule has 1 fully saturated rings. The van der Waals surface area contributed by atoms with Gasteiger partial charge in [-0.2, -0.15) is 0 Å². The van der Waals surface area contributed by atoms with Gasteiger partial charge >= 0.3 is 0 Å². The van der Waals surface area contributed by atoms with Crippen LogP contribution in [0.2, 0.25) is 0 Å². The highest BCUT2D eigenvalue weighted by Gasteiger charge is 2.12. The highest BCUT2D eigenvalue weighted by atomic mass is 32.2. The molecule has 1 atom stereocenters. The molecular formula is C15H21NO2S. The monoisotopic (exact) mass is 279 g/mol. The van der Waals surface area contributed by atoms with Crippen LogP contribution in [0.1, 0.15) is 36.0 Å². The van der Waals surface area contributed by atoms with Gasteiger partial charge in [0.25, 0.3) is 0 Å². The van der Waals surface area contributed by atoms with E-state index in [2.05, 4.69) is 4.90 Å². The van der Waals surface area contributed by atoms with Crippen molar-refractivity contribution >= 4 is 16.6 Å². The molecule has 0 amide bonds. The van der Waals surface area contributed by atoms with Crippen molar-refractivity contribution in [2.45, 2.75) is 30.6 Å². The summed E-state index contributed by atoms with van der Waals surface area (Å²) < 4.78 is 11.3. The average molecular weight is 279 g/mol. The number of nitrogens with zero attached hydrogens (tertiary/aromatic N) is 1. The SMILES string of the molecule is CS(=O)c1ccc(C(=O)CCN2CCCCC2)cc1. The molecule has 0 saturated carbocycles. The Morgan fingerprint density at radius 3 is 2.37 bits per heavy atom. The number of carbonyl (C=O) groups excluding carboxylic acids is 1. The van der Waals surface area contributed by atoms with Crippen LogP contribution < -0.4 is 0 Å². The van der Waals surface area contributed by atoms with Crippen LogP contribution in [0, 0.1) is 0 Å². The van der Waals surface area contributed by atoms with Gasteiger partial charge < -0.3 is 4.90 Å². The number of hydrogen-bond donors (Lipinski definition) is 0. The largest absolute Gasteiger partial charge is 0.303 e. The topological polar surface area (TPSA) is 37.4 Å². The Labute approximate surface area is 117 Å². The molecule has 0 aliphatic carbocycles. The minimum atomic E-state index is -0.978. The van der Waals surface area contributed by atoms with Crippen LogP contribution in [-0.2, 0) is 10.8 Å². The lowest BCUT2D eigenvalue weighted by Gasteiger charge is -2.25. The summed E-state index contributed by atoms with van der Waals surface area (Å²) >= 11 is 0. The van der Waals surface area contributed by atoms with Gasteiger partial charge in [0.05, 0.1) is 0 Å². The fraction of sp³-hybridized carbons (Fsp3) is 0.533. The Kier molecular flexibility index (Phi) is 5.28. The summed E-state index contributed by atoms with van der Waals surface area (Å²) in [4.78, 5) is 15.2. The molecule has 1 saturated heterocycles. The Hall–Kier alpha value is -1.00. The van der Waals surface area contributed by atoms with E-state index in [9.17, 15) is 9.00 Å². The van der Waals surface area contributed by atoms with Gasteiger partial charge in [0.1, 0.15) is 0 Å². The van der Waals surface area contributed by atoms with Gasteiger partial charge in [-0.1, -0.05) is 18.6 Å². The molecule has 0 radical (unpaired) electrons. The van der Waals surface area contributed by atoms with E-state index in [1.54, 1.807) is 30.5 Å².